The van der Waals surface area contributed by atoms with Crippen LogP contribution < -0.4 is 32.3 Å². The molecule has 4 aliphatic carbocycles. The van der Waals surface area contributed by atoms with Crippen LogP contribution in [0.4, 0.5) is 15.3 Å². The van der Waals surface area contributed by atoms with Gasteiger partial charge in [0.05, 0.1) is 29.6 Å². The van der Waals surface area contributed by atoms with Crippen molar-refractivity contribution in [2.45, 2.75) is 172 Å². The number of nitrogens with zero attached hydrogens (tertiary/aromatic N) is 1. The number of hydrogen-bond acceptors (Lipinski definition) is 22. The number of rotatable bonds is 29. The van der Waals surface area contributed by atoms with Gasteiger partial charge in [-0.1, -0.05) is 112 Å². The molecule has 1 saturated heterocycles. The SMILES string of the molecule is CC(=O)O[C@@H]1C(=O)[C@@]2(C)[C@H](O)C[C@@H]3OC[C@]3(OC(C)=O)[C@@H]2[C@@H](OC(=O)c2ccccc2)[C@@]2(O)C[C@@H](OC(=O)[C@@H](OC(=O)OCc3ccc(NC(=O)[C@H](CCCNC(N)=O)NC(=O)[C@@H](NC(=O)CCCCCN4C(=O)C=CC4=O)C(C)C)cc3)[C@H](NC(=O)c3ccccc3)c3ccccc3)C3C(C)=C1C32C. The number of hydrogen-bond donors (Lipinski definition) is 8. The van der Waals surface area contributed by atoms with Crippen LogP contribution in [0.1, 0.15) is 138 Å². The molecule has 4 fully saturated rings. The highest BCUT2D eigenvalue weighted by Gasteiger charge is 2.83. The molecule has 0 radical (unpaired) electrons. The second-order valence-electron chi connectivity index (χ2n) is 28.0. The van der Waals surface area contributed by atoms with E-state index in [4.69, 9.17) is 38.9 Å². The Balaban J connectivity index is 0.903. The maximum atomic E-state index is 15.8. The number of aliphatic hydroxyl groups is 2. The fraction of sp³-hybridized carbons (Fsp3) is 0.461. The average molecular weight is 1450 g/mol. The predicted molar refractivity (Wildman–Crippen MR) is 369 cm³/mol. The van der Waals surface area contributed by atoms with E-state index in [1.54, 1.807) is 87.5 Å². The molecule has 6 aliphatic rings. The first-order chi connectivity index (χ1) is 49.9. The van der Waals surface area contributed by atoms with Gasteiger partial charge >= 0.3 is 36.1 Å². The van der Waals surface area contributed by atoms with E-state index < -0.39 is 191 Å². The van der Waals surface area contributed by atoms with Crippen molar-refractivity contribution in [3.05, 3.63) is 161 Å². The lowest BCUT2D eigenvalue weighted by Gasteiger charge is -2.67. The summed E-state index contributed by atoms with van der Waals surface area (Å²) >= 11 is 0. The highest BCUT2D eigenvalue weighted by molar-refractivity contribution is 6.13. The molecule has 9 N–H and O–H groups in total. The zero-order valence-electron chi connectivity index (χ0n) is 59.1. The fourth-order valence-corrected chi connectivity index (χ4v) is 15.9. The number of primary amides is 1. The lowest BCUT2D eigenvalue weighted by molar-refractivity contribution is -0.344. The van der Waals surface area contributed by atoms with Gasteiger partial charge in [0, 0.05) is 80.9 Å². The van der Waals surface area contributed by atoms with Crippen molar-refractivity contribution in [3.8, 4) is 0 Å². The minimum absolute atomic E-state index is 0.00355. The Bertz CT molecular complexity index is 4060. The maximum absolute atomic E-state index is 15.8. The summed E-state index contributed by atoms with van der Waals surface area (Å²) in [6.45, 7) is 9.44. The molecule has 10 rings (SSSR count). The van der Waals surface area contributed by atoms with Gasteiger partial charge in [-0.3, -0.25) is 48.1 Å². The number of aliphatic hydroxyl groups excluding tert-OH is 1. The topological polar surface area (TPSA) is 416 Å². The quantitative estimate of drug-likeness (QED) is 0.0114. The summed E-state index contributed by atoms with van der Waals surface area (Å²) in [7, 11) is 0. The molecule has 29 nitrogen and oxygen atoms in total. The zero-order chi connectivity index (χ0) is 75.9. The Morgan fingerprint density at radius 1 is 0.743 bits per heavy atom. The van der Waals surface area contributed by atoms with Crippen LogP contribution in [0.2, 0.25) is 0 Å². The number of urea groups is 1. The first-order valence-electron chi connectivity index (χ1n) is 34.8. The van der Waals surface area contributed by atoms with Gasteiger partial charge in [0.1, 0.15) is 48.6 Å². The van der Waals surface area contributed by atoms with E-state index in [2.05, 4.69) is 26.6 Å². The van der Waals surface area contributed by atoms with Gasteiger partial charge in [-0.15, -0.1) is 0 Å². The number of nitrogens with one attached hydrogen (secondary N) is 5. The second-order valence-corrected chi connectivity index (χ2v) is 28.0. The molecule has 2 aliphatic heterocycles. The highest BCUT2D eigenvalue weighted by Crippen LogP contribution is 2.72. The first-order valence-corrected chi connectivity index (χ1v) is 34.8. The van der Waals surface area contributed by atoms with Gasteiger partial charge in [0.2, 0.25) is 23.8 Å². The molecule has 15 atom stereocenters. The molecule has 2 heterocycles. The number of esters is 4. The van der Waals surface area contributed by atoms with E-state index >= 15 is 9.59 Å². The van der Waals surface area contributed by atoms with Crippen LogP contribution in [0.5, 0.6) is 0 Å². The Morgan fingerprint density at radius 3 is 1.98 bits per heavy atom. The van der Waals surface area contributed by atoms with Gasteiger partial charge in [-0.05, 0) is 98.5 Å². The summed E-state index contributed by atoms with van der Waals surface area (Å²) < 4.78 is 42.8. The zero-order valence-corrected chi connectivity index (χ0v) is 59.1. The average Bonchev–Trinajstić information content (AvgIpc) is 1.56. The summed E-state index contributed by atoms with van der Waals surface area (Å²) in [5.74, 6) is -11.5. The van der Waals surface area contributed by atoms with Gasteiger partial charge in [0.25, 0.3) is 17.7 Å². The molecule has 558 valence electrons. The van der Waals surface area contributed by atoms with Crippen molar-refractivity contribution in [2.24, 2.45) is 34.3 Å². The molecule has 0 spiro atoms. The third-order valence-corrected chi connectivity index (χ3v) is 21.0. The Kier molecular flexibility index (Phi) is 23.6. The van der Waals surface area contributed by atoms with Crippen molar-refractivity contribution in [1.82, 2.24) is 26.2 Å². The van der Waals surface area contributed by atoms with Crippen molar-refractivity contribution in [2.75, 3.05) is 25.0 Å². The van der Waals surface area contributed by atoms with Crippen LogP contribution >= 0.6 is 0 Å². The lowest BCUT2D eigenvalue weighted by Crippen LogP contribution is -2.81. The third kappa shape index (κ3) is 15.9. The summed E-state index contributed by atoms with van der Waals surface area (Å²) in [6, 6.07) is 24.9. The van der Waals surface area contributed by atoms with Crippen LogP contribution in [-0.4, -0.2) is 172 Å². The number of anilines is 1. The molecule has 3 saturated carbocycles. The molecule has 2 unspecified atom stereocenters. The molecular weight excluding hydrogens is 1360 g/mol. The van der Waals surface area contributed by atoms with Crippen molar-refractivity contribution in [1.29, 1.82) is 0 Å². The number of unbranched alkanes of at least 4 members (excludes halogenated alkanes) is 2. The monoisotopic (exact) mass is 1450 g/mol. The van der Waals surface area contributed by atoms with Crippen LogP contribution in [-0.2, 0) is 82.9 Å². The van der Waals surface area contributed by atoms with E-state index in [0.29, 0.717) is 30.4 Å². The number of fused-ring (bicyclic) bond motifs is 3. The van der Waals surface area contributed by atoms with E-state index in [9.17, 15) is 63.0 Å². The molecule has 0 aromatic heterocycles. The van der Waals surface area contributed by atoms with Gasteiger partial charge in [0.15, 0.2) is 17.5 Å². The van der Waals surface area contributed by atoms with E-state index in [1.807, 2.05) is 0 Å². The number of benzene rings is 4. The summed E-state index contributed by atoms with van der Waals surface area (Å²) in [6.07, 6.45) is -8.54. The predicted octanol–water partition coefficient (Wildman–Crippen LogP) is 5.20. The van der Waals surface area contributed by atoms with Gasteiger partial charge in [-0.2, -0.15) is 0 Å². The standard InChI is InChI=1S/C76H87N7O22/c1-41(2)59(81-54(87)28-18-11-19-36-83-55(88)33-34-56(83)89)68(93)80-50(27-20-35-78-71(77)96)67(92)79-49-31-29-45(30-32-49)39-99-72(97)103-62(60(46-21-12-8-13-22-46)82-66(91)47-23-14-9-15-24-47)70(95)102-51-38-76(98)65(104-69(94)48-25-16-10-17-26-48)63-73(6,52(86)37-53-75(63,40-100-53)105-44(5)85)64(90)61(101-43(4)84)58-42(3)57(51)74(58,76)7/h8-10,12-17,21-26,29-34,41,50-53,57,59-63,65,86,98H,11,18-20,27-28,35-40H2,1-7H3,(H,79,92)(H,80,93)(H,81,87)(H,82,91)(H3,77,78,96)/t50-,51+,52+,53-,57?,59-,60+,61-,62-,63+,65+,73-,74?,75+,76-/m0/s1. The number of nitrogens with two attached hydrogens (primary N) is 1. The smallest absolute Gasteiger partial charge is 0.459 e. The van der Waals surface area contributed by atoms with E-state index in [-0.39, 0.29) is 66.7 Å². The minimum atomic E-state index is -2.50. The number of ether oxygens (including phenoxy) is 7. The maximum Gasteiger partial charge on any atom is 0.509 e. The molecular formula is C76H87N7O22. The number of carbonyl (C=O) groups is 13. The Morgan fingerprint density at radius 2 is 1.38 bits per heavy atom. The fourth-order valence-electron chi connectivity index (χ4n) is 15.9. The first kappa shape index (κ1) is 77.0. The summed E-state index contributed by atoms with van der Waals surface area (Å²) in [4.78, 5) is 179. The molecule has 8 amide bonds. The Hall–Kier alpha value is -10.7. The van der Waals surface area contributed by atoms with Crippen molar-refractivity contribution >= 4 is 83.0 Å². The minimum Gasteiger partial charge on any atom is -0.459 e. The molecule has 29 heteroatoms. The van der Waals surface area contributed by atoms with Crippen LogP contribution in [0.15, 0.2) is 139 Å². The number of imide groups is 1. The number of Topliss-reactive ketones (excluding diaryl/α,β-unsaturated/α-hetero) is 1. The van der Waals surface area contributed by atoms with E-state index in [1.165, 1.54) is 74.5 Å². The molecule has 4 aromatic carbocycles. The van der Waals surface area contributed by atoms with Gasteiger partial charge < -0.3 is 75.7 Å². The second kappa shape index (κ2) is 32.2. The molecule has 0 bridgehead atoms. The third-order valence-electron chi connectivity index (χ3n) is 21.0. The summed E-state index contributed by atoms with van der Waals surface area (Å²) in [5.41, 5.74) is -1.83. The number of carbonyl (C=O) groups excluding carboxylic acids is 13. The normalized spacial score (nSPS) is 26.5. The molecule has 4 aromatic rings. The van der Waals surface area contributed by atoms with Crippen molar-refractivity contribution in [3.63, 3.8) is 0 Å². The Labute approximate surface area is 604 Å². The highest BCUT2D eigenvalue weighted by atomic mass is 16.7. The van der Waals surface area contributed by atoms with Crippen LogP contribution in [0, 0.1) is 28.6 Å². The van der Waals surface area contributed by atoms with Crippen molar-refractivity contribution < 1.29 is 106 Å². The van der Waals surface area contributed by atoms with Crippen LogP contribution in [0.25, 0.3) is 0 Å². The van der Waals surface area contributed by atoms with E-state index in [0.717, 1.165) is 18.7 Å². The molecule has 105 heavy (non-hydrogen) atoms. The number of ketones is 1. The lowest BCUT2D eigenvalue weighted by atomic mass is 9.43. The largest absolute Gasteiger partial charge is 0.509 e. The number of amides is 8. The van der Waals surface area contributed by atoms with Crippen LogP contribution in [0.3, 0.4) is 0 Å². The van der Waals surface area contributed by atoms with Gasteiger partial charge in [-0.25, -0.2) is 19.2 Å². The summed E-state index contributed by atoms with van der Waals surface area (Å²) in [5, 5.41) is 40.1.